The van der Waals surface area contributed by atoms with Gasteiger partial charge in [0.15, 0.2) is 0 Å². The molecule has 0 aromatic heterocycles. The van der Waals surface area contributed by atoms with Crippen LogP contribution in [-0.4, -0.2) is 11.9 Å². The summed E-state index contributed by atoms with van der Waals surface area (Å²) in [5.41, 5.74) is 2.33. The van der Waals surface area contributed by atoms with E-state index >= 15 is 0 Å². The van der Waals surface area contributed by atoms with Gasteiger partial charge in [-0.2, -0.15) is 0 Å². The molecule has 0 spiro atoms. The van der Waals surface area contributed by atoms with Crippen molar-refractivity contribution in [2.75, 3.05) is 0 Å². The molecule has 0 bridgehead atoms. The predicted octanol–water partition coefficient (Wildman–Crippen LogP) is 5.66. The van der Waals surface area contributed by atoms with Gasteiger partial charge in [-0.1, -0.05) is 78.9 Å². The number of amides is 1. The van der Waals surface area contributed by atoms with Gasteiger partial charge in [-0.15, -0.1) is 11.8 Å². The molecule has 3 aromatic carbocycles. The van der Waals surface area contributed by atoms with Crippen molar-refractivity contribution in [2.24, 2.45) is 0 Å². The SMILES string of the molecule is CC(CCc1ccccc1)NC(=O)C(Sc1ccccc1)c1ccccc1. The van der Waals surface area contributed by atoms with Crippen molar-refractivity contribution in [2.45, 2.75) is 36.0 Å². The second-order valence-electron chi connectivity index (χ2n) is 6.66. The predicted molar refractivity (Wildman–Crippen MR) is 114 cm³/mol. The maximum atomic E-state index is 13.0. The Morgan fingerprint density at radius 3 is 2.04 bits per heavy atom. The van der Waals surface area contributed by atoms with E-state index in [0.717, 1.165) is 23.3 Å². The fourth-order valence-electron chi connectivity index (χ4n) is 2.95. The number of rotatable bonds is 8. The molecule has 0 aliphatic heterocycles. The van der Waals surface area contributed by atoms with E-state index in [-0.39, 0.29) is 17.2 Å². The Morgan fingerprint density at radius 2 is 1.41 bits per heavy atom. The second-order valence-corrected chi connectivity index (χ2v) is 7.83. The summed E-state index contributed by atoms with van der Waals surface area (Å²) in [7, 11) is 0. The van der Waals surface area contributed by atoms with Crippen LogP contribution >= 0.6 is 11.8 Å². The number of benzene rings is 3. The molecule has 1 N–H and O–H groups in total. The number of hydrogen-bond acceptors (Lipinski definition) is 2. The normalized spacial score (nSPS) is 12.9. The first-order chi connectivity index (χ1) is 13.2. The summed E-state index contributed by atoms with van der Waals surface area (Å²) < 4.78 is 0. The summed E-state index contributed by atoms with van der Waals surface area (Å²) >= 11 is 1.59. The van der Waals surface area contributed by atoms with Gasteiger partial charge in [-0.05, 0) is 43.0 Å². The van der Waals surface area contributed by atoms with Crippen LogP contribution in [0.15, 0.2) is 95.9 Å². The fourth-order valence-corrected chi connectivity index (χ4v) is 4.01. The number of thioether (sulfide) groups is 1. The van der Waals surface area contributed by atoms with Crippen LogP contribution in [0.5, 0.6) is 0 Å². The van der Waals surface area contributed by atoms with Gasteiger partial charge in [-0.25, -0.2) is 0 Å². The van der Waals surface area contributed by atoms with E-state index in [1.165, 1.54) is 5.56 Å². The zero-order valence-corrected chi connectivity index (χ0v) is 16.4. The van der Waals surface area contributed by atoms with Gasteiger partial charge in [0, 0.05) is 10.9 Å². The molecule has 0 aliphatic rings. The van der Waals surface area contributed by atoms with E-state index in [1.54, 1.807) is 11.8 Å². The van der Waals surface area contributed by atoms with Crippen molar-refractivity contribution in [1.82, 2.24) is 5.32 Å². The van der Waals surface area contributed by atoms with Gasteiger partial charge in [-0.3, -0.25) is 4.79 Å². The lowest BCUT2D eigenvalue weighted by Crippen LogP contribution is -2.35. The van der Waals surface area contributed by atoms with Crippen molar-refractivity contribution in [1.29, 1.82) is 0 Å². The highest BCUT2D eigenvalue weighted by molar-refractivity contribution is 8.00. The molecule has 0 aliphatic carbocycles. The zero-order chi connectivity index (χ0) is 18.9. The molecular weight excluding hydrogens is 350 g/mol. The van der Waals surface area contributed by atoms with E-state index in [2.05, 4.69) is 36.5 Å². The Labute approximate surface area is 166 Å². The summed E-state index contributed by atoms with van der Waals surface area (Å²) in [5, 5.41) is 2.95. The summed E-state index contributed by atoms with van der Waals surface area (Å²) in [6, 6.07) is 30.6. The molecule has 3 aromatic rings. The molecule has 3 rings (SSSR count). The molecular formula is C24H25NOS. The lowest BCUT2D eigenvalue weighted by Gasteiger charge is -2.20. The van der Waals surface area contributed by atoms with E-state index in [4.69, 9.17) is 0 Å². The minimum Gasteiger partial charge on any atom is -0.352 e. The lowest BCUT2D eigenvalue weighted by molar-refractivity contribution is -0.121. The number of nitrogens with one attached hydrogen (secondary N) is 1. The van der Waals surface area contributed by atoms with Crippen molar-refractivity contribution in [3.63, 3.8) is 0 Å². The number of carbonyl (C=O) groups excluding carboxylic acids is 1. The van der Waals surface area contributed by atoms with Crippen LogP contribution in [-0.2, 0) is 11.2 Å². The summed E-state index contributed by atoms with van der Waals surface area (Å²) in [6.45, 7) is 2.08. The zero-order valence-electron chi connectivity index (χ0n) is 15.5. The maximum Gasteiger partial charge on any atom is 0.238 e. The highest BCUT2D eigenvalue weighted by Crippen LogP contribution is 2.35. The maximum absolute atomic E-state index is 13.0. The third-order valence-corrected chi connectivity index (χ3v) is 5.70. The first kappa shape index (κ1) is 19.2. The average Bonchev–Trinajstić information content (AvgIpc) is 2.72. The van der Waals surface area contributed by atoms with Crippen molar-refractivity contribution < 1.29 is 4.79 Å². The largest absolute Gasteiger partial charge is 0.352 e. The Morgan fingerprint density at radius 1 is 0.852 bits per heavy atom. The smallest absolute Gasteiger partial charge is 0.238 e. The van der Waals surface area contributed by atoms with Crippen LogP contribution in [0.2, 0.25) is 0 Å². The van der Waals surface area contributed by atoms with Gasteiger partial charge >= 0.3 is 0 Å². The Hall–Kier alpha value is -2.52. The highest BCUT2D eigenvalue weighted by atomic mass is 32.2. The van der Waals surface area contributed by atoms with E-state index in [1.807, 2.05) is 66.7 Å². The van der Waals surface area contributed by atoms with Crippen molar-refractivity contribution in [3.05, 3.63) is 102 Å². The van der Waals surface area contributed by atoms with Gasteiger partial charge in [0.1, 0.15) is 5.25 Å². The minimum atomic E-state index is -0.257. The average molecular weight is 376 g/mol. The summed E-state index contributed by atoms with van der Waals surface area (Å²) in [4.78, 5) is 14.1. The van der Waals surface area contributed by atoms with Crippen LogP contribution in [0.4, 0.5) is 0 Å². The number of aryl methyl sites for hydroxylation is 1. The quantitative estimate of drug-likeness (QED) is 0.515. The lowest BCUT2D eigenvalue weighted by atomic mass is 10.1. The molecule has 0 heterocycles. The van der Waals surface area contributed by atoms with Crippen LogP contribution in [0.3, 0.4) is 0 Å². The molecule has 0 fully saturated rings. The molecule has 27 heavy (non-hydrogen) atoms. The van der Waals surface area contributed by atoms with E-state index in [0.29, 0.717) is 0 Å². The van der Waals surface area contributed by atoms with Crippen LogP contribution in [0.1, 0.15) is 29.7 Å². The molecule has 138 valence electrons. The van der Waals surface area contributed by atoms with Crippen LogP contribution in [0.25, 0.3) is 0 Å². The third kappa shape index (κ3) is 6.00. The first-order valence-corrected chi connectivity index (χ1v) is 10.2. The number of carbonyl (C=O) groups is 1. The molecule has 1 amide bonds. The standard InChI is InChI=1S/C24H25NOS/c1-19(17-18-20-11-5-2-6-12-20)25-24(26)23(21-13-7-3-8-14-21)27-22-15-9-4-10-16-22/h2-16,19,23H,17-18H2,1H3,(H,25,26). The number of hydrogen-bond donors (Lipinski definition) is 1. The minimum absolute atomic E-state index is 0.0654. The molecule has 0 radical (unpaired) electrons. The molecule has 2 nitrogen and oxygen atoms in total. The summed E-state index contributed by atoms with van der Waals surface area (Å²) in [5.74, 6) is 0.0654. The fraction of sp³-hybridized carbons (Fsp3) is 0.208. The topological polar surface area (TPSA) is 29.1 Å². The second kappa shape index (κ2) is 9.98. The highest BCUT2D eigenvalue weighted by Gasteiger charge is 2.23. The van der Waals surface area contributed by atoms with E-state index < -0.39 is 0 Å². The van der Waals surface area contributed by atoms with Gasteiger partial charge in [0.05, 0.1) is 0 Å². The Balaban J connectivity index is 1.65. The molecule has 2 atom stereocenters. The Kier molecular flexibility index (Phi) is 7.11. The van der Waals surface area contributed by atoms with Gasteiger partial charge in [0.25, 0.3) is 0 Å². The van der Waals surface area contributed by atoms with Crippen LogP contribution in [0, 0.1) is 0 Å². The molecule has 0 saturated carbocycles. The summed E-state index contributed by atoms with van der Waals surface area (Å²) in [6.07, 6.45) is 1.89. The third-order valence-electron chi connectivity index (χ3n) is 4.44. The monoisotopic (exact) mass is 375 g/mol. The Bertz CT molecular complexity index is 821. The van der Waals surface area contributed by atoms with Gasteiger partial charge in [0.2, 0.25) is 5.91 Å². The molecule has 2 unspecified atom stereocenters. The van der Waals surface area contributed by atoms with E-state index in [9.17, 15) is 4.79 Å². The van der Waals surface area contributed by atoms with Crippen molar-refractivity contribution >= 4 is 17.7 Å². The first-order valence-electron chi connectivity index (χ1n) is 9.33. The molecule has 3 heteroatoms. The van der Waals surface area contributed by atoms with Crippen LogP contribution < -0.4 is 5.32 Å². The van der Waals surface area contributed by atoms with Gasteiger partial charge < -0.3 is 5.32 Å². The molecule has 0 saturated heterocycles. The van der Waals surface area contributed by atoms with Crippen molar-refractivity contribution in [3.8, 4) is 0 Å².